The maximum Gasteiger partial charge on any atom is 0.0784 e. The normalized spacial score (nSPS) is 40.0. The minimum atomic E-state index is -0.399. The number of ether oxygens (including phenoxy) is 1. The third kappa shape index (κ3) is 2.03. The third-order valence-electron chi connectivity index (χ3n) is 3.03. The van der Waals surface area contributed by atoms with Gasteiger partial charge in [0.2, 0.25) is 0 Å². The fourth-order valence-corrected chi connectivity index (χ4v) is 1.87. The van der Waals surface area contributed by atoms with Gasteiger partial charge in [0, 0.05) is 5.41 Å². The predicted octanol–water partition coefficient (Wildman–Crippen LogP) is 1.06. The molecule has 0 amide bonds. The molecule has 2 atom stereocenters. The van der Waals surface area contributed by atoms with E-state index in [1.54, 1.807) is 13.4 Å². The molecule has 1 aliphatic carbocycles. The molecule has 3 heteroatoms. The molecule has 1 saturated carbocycles. The Morgan fingerprint density at radius 1 is 1.38 bits per heavy atom. The quantitative estimate of drug-likeness (QED) is 0.648. The Balaban J connectivity index is 2.57. The number of rotatable bonds is 3. The summed E-state index contributed by atoms with van der Waals surface area (Å²) in [6.07, 6.45) is 4.67. The molecular weight excluding hydrogens is 168 g/mol. The molecular formula is C10H18O3. The van der Waals surface area contributed by atoms with Crippen molar-refractivity contribution in [3.63, 3.8) is 0 Å². The van der Waals surface area contributed by atoms with Gasteiger partial charge in [-0.05, 0) is 25.3 Å². The number of hydrogen-bond donors (Lipinski definition) is 2. The Kier molecular flexibility index (Phi) is 3.33. The van der Waals surface area contributed by atoms with Gasteiger partial charge >= 0.3 is 0 Å². The second kappa shape index (κ2) is 4.11. The lowest BCUT2D eigenvalue weighted by Gasteiger charge is -2.30. The van der Waals surface area contributed by atoms with Crippen LogP contribution >= 0.6 is 0 Å². The molecule has 0 radical (unpaired) electrons. The minimum absolute atomic E-state index is 0.394. The lowest BCUT2D eigenvalue weighted by atomic mass is 9.81. The van der Waals surface area contributed by atoms with Gasteiger partial charge in [-0.1, -0.05) is 6.92 Å². The van der Waals surface area contributed by atoms with Crippen molar-refractivity contribution in [2.75, 3.05) is 7.11 Å². The molecule has 0 aromatic rings. The molecule has 0 aromatic heterocycles. The predicted molar refractivity (Wildman–Crippen MR) is 50.1 cm³/mol. The first-order valence-electron chi connectivity index (χ1n) is 4.65. The fraction of sp³-hybridized carbons (Fsp3) is 0.800. The summed E-state index contributed by atoms with van der Waals surface area (Å²) >= 11 is 0. The SMILES string of the molecule is CO/C=C/CC1(C)C(O)CCC1O. The largest absolute Gasteiger partial charge is 0.505 e. The Labute approximate surface area is 79.0 Å². The molecule has 0 aromatic carbocycles. The minimum Gasteiger partial charge on any atom is -0.505 e. The summed E-state index contributed by atoms with van der Waals surface area (Å²) in [4.78, 5) is 0. The van der Waals surface area contributed by atoms with E-state index in [-0.39, 0.29) is 0 Å². The van der Waals surface area contributed by atoms with Crippen molar-refractivity contribution in [1.29, 1.82) is 0 Å². The highest BCUT2D eigenvalue weighted by atomic mass is 16.5. The van der Waals surface area contributed by atoms with Crippen molar-refractivity contribution in [2.24, 2.45) is 5.41 Å². The van der Waals surface area contributed by atoms with Crippen LogP contribution in [-0.2, 0) is 4.74 Å². The monoisotopic (exact) mass is 186 g/mol. The first-order chi connectivity index (χ1) is 6.11. The Morgan fingerprint density at radius 2 is 1.92 bits per heavy atom. The van der Waals surface area contributed by atoms with E-state index in [1.165, 1.54) is 0 Å². The van der Waals surface area contributed by atoms with Crippen molar-refractivity contribution >= 4 is 0 Å². The van der Waals surface area contributed by atoms with Crippen LogP contribution in [0, 0.1) is 5.41 Å². The Hall–Kier alpha value is -0.540. The third-order valence-corrected chi connectivity index (χ3v) is 3.03. The average Bonchev–Trinajstić information content (AvgIpc) is 2.35. The molecule has 1 aliphatic rings. The zero-order valence-electron chi connectivity index (χ0n) is 8.23. The van der Waals surface area contributed by atoms with Gasteiger partial charge in [-0.3, -0.25) is 0 Å². The van der Waals surface area contributed by atoms with Gasteiger partial charge in [0.25, 0.3) is 0 Å². The highest BCUT2D eigenvalue weighted by molar-refractivity contribution is 4.99. The molecule has 0 heterocycles. The van der Waals surface area contributed by atoms with E-state index in [1.807, 2.05) is 13.0 Å². The highest BCUT2D eigenvalue weighted by Gasteiger charge is 2.44. The number of hydrogen-bond acceptors (Lipinski definition) is 3. The van der Waals surface area contributed by atoms with Crippen LogP contribution in [0.3, 0.4) is 0 Å². The van der Waals surface area contributed by atoms with E-state index >= 15 is 0 Å². The second-order valence-electron chi connectivity index (χ2n) is 3.93. The molecule has 13 heavy (non-hydrogen) atoms. The van der Waals surface area contributed by atoms with Crippen molar-refractivity contribution in [3.05, 3.63) is 12.3 Å². The topological polar surface area (TPSA) is 49.7 Å². The van der Waals surface area contributed by atoms with Crippen LogP contribution in [0.15, 0.2) is 12.3 Å². The molecule has 2 N–H and O–H groups in total. The molecule has 1 fully saturated rings. The van der Waals surface area contributed by atoms with E-state index in [9.17, 15) is 10.2 Å². The van der Waals surface area contributed by atoms with E-state index in [0.717, 1.165) is 0 Å². The summed E-state index contributed by atoms with van der Waals surface area (Å²) in [7, 11) is 1.58. The maximum absolute atomic E-state index is 9.68. The smallest absolute Gasteiger partial charge is 0.0784 e. The van der Waals surface area contributed by atoms with Crippen molar-refractivity contribution in [3.8, 4) is 0 Å². The van der Waals surface area contributed by atoms with Crippen LogP contribution < -0.4 is 0 Å². The summed E-state index contributed by atoms with van der Waals surface area (Å²) in [5.74, 6) is 0. The second-order valence-corrected chi connectivity index (χ2v) is 3.93. The van der Waals surface area contributed by atoms with Gasteiger partial charge in [0.15, 0.2) is 0 Å². The first-order valence-corrected chi connectivity index (χ1v) is 4.65. The van der Waals surface area contributed by atoms with Crippen LogP contribution in [0.1, 0.15) is 26.2 Å². The van der Waals surface area contributed by atoms with E-state index < -0.39 is 17.6 Å². The molecule has 0 saturated heterocycles. The zero-order chi connectivity index (χ0) is 9.90. The molecule has 0 spiro atoms. The zero-order valence-corrected chi connectivity index (χ0v) is 8.23. The van der Waals surface area contributed by atoms with Crippen LogP contribution in [0.25, 0.3) is 0 Å². The van der Waals surface area contributed by atoms with Crippen LogP contribution in [-0.4, -0.2) is 29.5 Å². The summed E-state index contributed by atoms with van der Waals surface area (Å²) in [6, 6.07) is 0. The lowest BCUT2D eigenvalue weighted by Crippen LogP contribution is -2.35. The molecule has 0 bridgehead atoms. The van der Waals surface area contributed by atoms with Crippen LogP contribution in [0.4, 0.5) is 0 Å². The number of allylic oxidation sites excluding steroid dienone is 1. The average molecular weight is 186 g/mol. The standard InChI is InChI=1S/C10H18O3/c1-10(6-3-7-13-2)8(11)4-5-9(10)12/h3,7-9,11-12H,4-6H2,1-2H3/b7-3+. The number of aliphatic hydroxyl groups is 2. The van der Waals surface area contributed by atoms with Crippen molar-refractivity contribution < 1.29 is 14.9 Å². The molecule has 3 nitrogen and oxygen atoms in total. The Morgan fingerprint density at radius 3 is 2.38 bits per heavy atom. The van der Waals surface area contributed by atoms with Crippen LogP contribution in [0.2, 0.25) is 0 Å². The van der Waals surface area contributed by atoms with E-state index in [4.69, 9.17) is 4.74 Å². The van der Waals surface area contributed by atoms with Gasteiger partial charge in [-0.25, -0.2) is 0 Å². The van der Waals surface area contributed by atoms with Crippen LogP contribution in [0.5, 0.6) is 0 Å². The maximum atomic E-state index is 9.68. The highest BCUT2D eigenvalue weighted by Crippen LogP contribution is 2.41. The van der Waals surface area contributed by atoms with Gasteiger partial charge in [-0.15, -0.1) is 0 Å². The summed E-state index contributed by atoms with van der Waals surface area (Å²) in [6.45, 7) is 1.91. The molecule has 0 aliphatic heterocycles. The molecule has 1 rings (SSSR count). The fourth-order valence-electron chi connectivity index (χ4n) is 1.87. The first kappa shape index (κ1) is 10.5. The van der Waals surface area contributed by atoms with Gasteiger partial charge < -0.3 is 14.9 Å². The lowest BCUT2D eigenvalue weighted by molar-refractivity contribution is -0.00857. The van der Waals surface area contributed by atoms with Gasteiger partial charge in [0.1, 0.15) is 0 Å². The number of methoxy groups -OCH3 is 1. The molecule has 76 valence electrons. The van der Waals surface area contributed by atoms with E-state index in [0.29, 0.717) is 19.3 Å². The number of aliphatic hydroxyl groups excluding tert-OH is 2. The van der Waals surface area contributed by atoms with E-state index in [2.05, 4.69) is 0 Å². The summed E-state index contributed by atoms with van der Waals surface area (Å²) in [5.41, 5.74) is -0.394. The Bertz CT molecular complexity index is 179. The van der Waals surface area contributed by atoms with Gasteiger partial charge in [0.05, 0.1) is 25.6 Å². The molecule has 2 unspecified atom stereocenters. The summed E-state index contributed by atoms with van der Waals surface area (Å²) < 4.78 is 4.77. The van der Waals surface area contributed by atoms with Crippen molar-refractivity contribution in [2.45, 2.75) is 38.4 Å². The summed E-state index contributed by atoms with van der Waals surface area (Å²) in [5, 5.41) is 19.4. The van der Waals surface area contributed by atoms with Gasteiger partial charge in [-0.2, -0.15) is 0 Å². The van der Waals surface area contributed by atoms with Crippen molar-refractivity contribution in [1.82, 2.24) is 0 Å².